The number of urea groups is 1. The van der Waals surface area contributed by atoms with Crippen molar-refractivity contribution in [3.63, 3.8) is 0 Å². The van der Waals surface area contributed by atoms with Crippen LogP contribution < -0.4 is 5.32 Å². The van der Waals surface area contributed by atoms with Gasteiger partial charge in [0, 0.05) is 36.3 Å². The standard InChI is InChI=1S/C25H30N4OS/c1-17(2)14-26-25(30)29-15-20-19-11-13-27(3)16-22(19)31-24(20)28-12-7-10-21(28)23(29)18-8-5-4-6-9-18/h4-10,12,17,23H,11,13-16H2,1-3H3,(H,26,30)/t23-/m0/s1. The Hall–Kier alpha value is -2.57. The Labute approximate surface area is 188 Å². The summed E-state index contributed by atoms with van der Waals surface area (Å²) < 4.78 is 2.33. The lowest BCUT2D eigenvalue weighted by Gasteiger charge is -2.32. The largest absolute Gasteiger partial charge is 0.338 e. The van der Waals surface area contributed by atoms with Crippen molar-refractivity contribution in [2.24, 2.45) is 5.92 Å². The second-order valence-corrected chi connectivity index (χ2v) is 10.2. The molecule has 4 heterocycles. The molecule has 6 heteroatoms. The van der Waals surface area contributed by atoms with Crippen molar-refractivity contribution in [2.45, 2.75) is 39.4 Å². The fourth-order valence-electron chi connectivity index (χ4n) is 4.73. The van der Waals surface area contributed by atoms with E-state index in [1.807, 2.05) is 22.3 Å². The van der Waals surface area contributed by atoms with Gasteiger partial charge in [-0.05, 0) is 42.6 Å². The van der Waals surface area contributed by atoms with Crippen molar-refractivity contribution in [2.75, 3.05) is 20.1 Å². The van der Waals surface area contributed by atoms with Crippen LogP contribution in [0.5, 0.6) is 0 Å². The summed E-state index contributed by atoms with van der Waals surface area (Å²) in [5.74, 6) is 0.412. The lowest BCUT2D eigenvalue weighted by atomic mass is 10.0. The topological polar surface area (TPSA) is 40.5 Å². The molecule has 3 aromatic rings. The van der Waals surface area contributed by atoms with Gasteiger partial charge in [-0.15, -0.1) is 11.3 Å². The molecule has 1 N–H and O–H groups in total. The molecule has 2 aliphatic heterocycles. The van der Waals surface area contributed by atoms with Gasteiger partial charge in [0.25, 0.3) is 0 Å². The molecule has 0 saturated heterocycles. The van der Waals surface area contributed by atoms with Gasteiger partial charge in [0.15, 0.2) is 0 Å². The number of nitrogens with one attached hydrogen (secondary N) is 1. The van der Waals surface area contributed by atoms with Gasteiger partial charge in [-0.1, -0.05) is 44.2 Å². The lowest BCUT2D eigenvalue weighted by Crippen LogP contribution is -2.43. The Bertz CT molecular complexity index is 1080. The number of likely N-dealkylation sites (N-methyl/N-ethyl adjacent to an activating group) is 1. The molecule has 0 bridgehead atoms. The average Bonchev–Trinajstić information content (AvgIpc) is 3.34. The van der Waals surface area contributed by atoms with Gasteiger partial charge in [0.2, 0.25) is 0 Å². The molecule has 2 amide bonds. The molecule has 0 radical (unpaired) electrons. The van der Waals surface area contributed by atoms with Crippen LogP contribution in [0.3, 0.4) is 0 Å². The molecule has 0 saturated carbocycles. The Morgan fingerprint density at radius 3 is 2.71 bits per heavy atom. The van der Waals surface area contributed by atoms with E-state index in [2.05, 4.69) is 78.3 Å². The van der Waals surface area contributed by atoms with E-state index in [9.17, 15) is 4.79 Å². The molecule has 2 aliphatic rings. The van der Waals surface area contributed by atoms with Crippen molar-refractivity contribution in [3.05, 3.63) is 75.9 Å². The van der Waals surface area contributed by atoms with Crippen LogP contribution in [-0.2, 0) is 19.5 Å². The van der Waals surface area contributed by atoms with Crippen molar-refractivity contribution in [1.82, 2.24) is 19.7 Å². The maximum atomic E-state index is 13.5. The third-order valence-electron chi connectivity index (χ3n) is 6.29. The van der Waals surface area contributed by atoms with E-state index in [4.69, 9.17) is 0 Å². The van der Waals surface area contributed by atoms with E-state index in [-0.39, 0.29) is 12.1 Å². The molecular weight excluding hydrogens is 404 g/mol. The number of nitrogens with zero attached hydrogens (tertiary/aromatic N) is 3. The minimum absolute atomic E-state index is 0.0102. The first-order valence-electron chi connectivity index (χ1n) is 11.1. The van der Waals surface area contributed by atoms with Crippen molar-refractivity contribution in [1.29, 1.82) is 0 Å². The smallest absolute Gasteiger partial charge is 0.318 e. The Morgan fingerprint density at radius 1 is 1.13 bits per heavy atom. The zero-order valence-corrected chi connectivity index (χ0v) is 19.3. The first kappa shape index (κ1) is 20.3. The predicted molar refractivity (Wildman–Crippen MR) is 126 cm³/mol. The predicted octanol–water partition coefficient (Wildman–Crippen LogP) is 4.80. The van der Waals surface area contributed by atoms with Crippen molar-refractivity contribution >= 4 is 17.4 Å². The van der Waals surface area contributed by atoms with Gasteiger partial charge >= 0.3 is 6.03 Å². The van der Waals surface area contributed by atoms with Gasteiger partial charge in [-0.2, -0.15) is 0 Å². The second kappa shape index (κ2) is 8.17. The molecule has 2 aromatic heterocycles. The van der Waals surface area contributed by atoms with E-state index in [0.29, 0.717) is 19.0 Å². The normalized spacial score (nSPS) is 18.3. The van der Waals surface area contributed by atoms with Crippen LogP contribution in [-0.4, -0.2) is 40.5 Å². The number of rotatable bonds is 3. The fraction of sp³-hybridized carbons (Fsp3) is 0.400. The quantitative estimate of drug-likeness (QED) is 0.643. The fourth-order valence-corrected chi connectivity index (χ4v) is 6.17. The second-order valence-electron chi connectivity index (χ2n) is 9.10. The van der Waals surface area contributed by atoms with Crippen LogP contribution in [0, 0.1) is 5.92 Å². The van der Waals surface area contributed by atoms with E-state index in [1.54, 1.807) is 0 Å². The highest BCUT2D eigenvalue weighted by molar-refractivity contribution is 7.15. The Balaban J connectivity index is 1.65. The SMILES string of the molecule is CC(C)CNC(=O)N1Cc2c(sc3c2CCN(C)C3)-n2cccc2[C@@H]1c1ccccc1. The van der Waals surface area contributed by atoms with Crippen molar-refractivity contribution < 1.29 is 4.79 Å². The van der Waals surface area contributed by atoms with Gasteiger partial charge in [-0.25, -0.2) is 4.79 Å². The zero-order valence-electron chi connectivity index (χ0n) is 18.5. The van der Waals surface area contributed by atoms with Crippen molar-refractivity contribution in [3.8, 4) is 5.00 Å². The van der Waals surface area contributed by atoms with Crippen LogP contribution in [0.2, 0.25) is 0 Å². The number of amides is 2. The molecule has 5 rings (SSSR count). The molecule has 1 atom stereocenters. The lowest BCUT2D eigenvalue weighted by molar-refractivity contribution is 0.179. The minimum atomic E-state index is -0.120. The molecule has 0 fully saturated rings. The molecule has 31 heavy (non-hydrogen) atoms. The molecule has 0 spiro atoms. The number of thiophene rings is 1. The third kappa shape index (κ3) is 3.68. The molecule has 162 valence electrons. The summed E-state index contributed by atoms with van der Waals surface area (Å²) in [4.78, 5) is 19.4. The van der Waals surface area contributed by atoms with Crippen LogP contribution in [0.25, 0.3) is 5.00 Å². The van der Waals surface area contributed by atoms with Crippen LogP contribution in [0.4, 0.5) is 4.79 Å². The van der Waals surface area contributed by atoms with Gasteiger partial charge in [0.1, 0.15) is 5.00 Å². The number of aromatic nitrogens is 1. The molecule has 0 aliphatic carbocycles. The summed E-state index contributed by atoms with van der Waals surface area (Å²) >= 11 is 1.89. The maximum absolute atomic E-state index is 13.5. The number of carbonyl (C=O) groups is 1. The number of hydrogen-bond acceptors (Lipinski definition) is 3. The number of benzene rings is 1. The Morgan fingerprint density at radius 2 is 1.94 bits per heavy atom. The summed E-state index contributed by atoms with van der Waals surface area (Å²) in [5.41, 5.74) is 5.07. The number of hydrogen-bond donors (Lipinski definition) is 1. The van der Waals surface area contributed by atoms with Crippen LogP contribution >= 0.6 is 11.3 Å². The highest BCUT2D eigenvalue weighted by Crippen LogP contribution is 2.43. The van der Waals surface area contributed by atoms with Gasteiger partial charge < -0.3 is 19.7 Å². The minimum Gasteiger partial charge on any atom is -0.338 e. The third-order valence-corrected chi connectivity index (χ3v) is 7.55. The number of fused-ring (bicyclic) bond motifs is 5. The molecule has 0 unspecified atom stereocenters. The Kier molecular flexibility index (Phi) is 5.36. The van der Waals surface area contributed by atoms with Crippen LogP contribution in [0.1, 0.15) is 47.2 Å². The number of carbonyl (C=O) groups excluding carboxylic acids is 1. The highest BCUT2D eigenvalue weighted by Gasteiger charge is 2.36. The van der Waals surface area contributed by atoms with Gasteiger partial charge in [-0.3, -0.25) is 0 Å². The van der Waals surface area contributed by atoms with E-state index in [0.717, 1.165) is 30.8 Å². The summed E-state index contributed by atoms with van der Waals surface area (Å²) in [6.45, 7) is 7.63. The monoisotopic (exact) mass is 434 g/mol. The summed E-state index contributed by atoms with van der Waals surface area (Å²) in [6.07, 6.45) is 3.21. The van der Waals surface area contributed by atoms with E-state index < -0.39 is 0 Å². The molecular formula is C25H30N4OS. The zero-order chi connectivity index (χ0) is 21.5. The first-order valence-corrected chi connectivity index (χ1v) is 11.9. The molecule has 1 aromatic carbocycles. The summed E-state index contributed by atoms with van der Waals surface area (Å²) in [7, 11) is 2.19. The van der Waals surface area contributed by atoms with Gasteiger partial charge in [0.05, 0.1) is 18.3 Å². The van der Waals surface area contributed by atoms with E-state index >= 15 is 0 Å². The average molecular weight is 435 g/mol. The van der Waals surface area contributed by atoms with E-state index in [1.165, 1.54) is 21.0 Å². The van der Waals surface area contributed by atoms with Crippen LogP contribution in [0.15, 0.2) is 48.7 Å². The maximum Gasteiger partial charge on any atom is 0.318 e. The highest BCUT2D eigenvalue weighted by atomic mass is 32.1. The first-order chi connectivity index (χ1) is 15.0. The molecule has 5 nitrogen and oxygen atoms in total. The summed E-state index contributed by atoms with van der Waals surface area (Å²) in [5, 5.41) is 4.46. The summed E-state index contributed by atoms with van der Waals surface area (Å²) in [6, 6.07) is 14.6.